The van der Waals surface area contributed by atoms with Gasteiger partial charge in [-0.15, -0.1) is 10.2 Å². The highest BCUT2D eigenvalue weighted by atomic mass is 32.2. The molecule has 1 heterocycles. The van der Waals surface area contributed by atoms with Gasteiger partial charge >= 0.3 is 0 Å². The Labute approximate surface area is 159 Å². The third-order valence-corrected chi connectivity index (χ3v) is 5.34. The van der Waals surface area contributed by atoms with E-state index in [1.54, 1.807) is 45.2 Å². The van der Waals surface area contributed by atoms with Crippen molar-refractivity contribution in [3.8, 4) is 0 Å². The molecule has 0 radical (unpaired) electrons. The molecule has 0 aliphatic heterocycles. The summed E-state index contributed by atoms with van der Waals surface area (Å²) in [6.07, 6.45) is 0. The van der Waals surface area contributed by atoms with E-state index in [2.05, 4.69) is 15.5 Å². The first-order valence-electron chi connectivity index (χ1n) is 7.67. The molecule has 0 aliphatic carbocycles. The van der Waals surface area contributed by atoms with Crippen molar-refractivity contribution in [1.82, 2.24) is 20.0 Å². The van der Waals surface area contributed by atoms with E-state index in [1.807, 2.05) is 0 Å². The molecule has 1 atom stereocenters. The first-order valence-corrected chi connectivity index (χ1v) is 9.47. The maximum Gasteiger partial charge on any atom is 0.248 e. The average Bonchev–Trinajstić information content (AvgIpc) is 2.99. The van der Waals surface area contributed by atoms with Crippen LogP contribution in [0.1, 0.15) is 11.6 Å². The summed E-state index contributed by atoms with van der Waals surface area (Å²) in [6.45, 7) is 0. The van der Waals surface area contributed by atoms with Crippen LogP contribution in [0, 0.1) is 5.82 Å². The minimum Gasteiger partial charge on any atom is -0.348 e. The van der Waals surface area contributed by atoms with E-state index in [0.717, 1.165) is 0 Å². The zero-order valence-corrected chi connectivity index (χ0v) is 16.5. The molecule has 7 nitrogen and oxygen atoms in total. The maximum absolute atomic E-state index is 13.5. The Morgan fingerprint density at radius 1 is 1.27 bits per heavy atom. The van der Waals surface area contributed by atoms with Crippen LogP contribution in [0.4, 0.5) is 9.52 Å². The topological polar surface area (TPSA) is 78.4 Å². The minimum absolute atomic E-state index is 0.0328. The molecule has 0 bridgehead atoms. The fraction of sp³-hybridized carbons (Fsp3) is 0.375. The highest BCUT2D eigenvalue weighted by molar-refractivity contribution is 8.01. The smallest absolute Gasteiger partial charge is 0.248 e. The Bertz CT molecular complexity index is 782. The fourth-order valence-corrected chi connectivity index (χ4v) is 3.84. The van der Waals surface area contributed by atoms with Crippen LogP contribution in [-0.4, -0.2) is 65.8 Å². The number of likely N-dealkylation sites (N-methyl/N-ethyl adjacent to an activating group) is 1. The first-order chi connectivity index (χ1) is 12.3. The van der Waals surface area contributed by atoms with Gasteiger partial charge in [0.05, 0.1) is 5.75 Å². The van der Waals surface area contributed by atoms with Crippen LogP contribution in [0.5, 0.6) is 0 Å². The number of rotatable bonds is 7. The van der Waals surface area contributed by atoms with E-state index < -0.39 is 11.9 Å². The molecule has 0 aliphatic rings. The number of amides is 2. The zero-order chi connectivity index (χ0) is 19.3. The molecule has 1 aromatic carbocycles. The summed E-state index contributed by atoms with van der Waals surface area (Å²) < 4.78 is 14.1. The van der Waals surface area contributed by atoms with Crippen molar-refractivity contribution in [2.75, 3.05) is 39.3 Å². The Morgan fingerprint density at radius 2 is 2.00 bits per heavy atom. The van der Waals surface area contributed by atoms with Gasteiger partial charge in [0, 0.05) is 14.1 Å². The van der Waals surface area contributed by atoms with Gasteiger partial charge in [-0.3, -0.25) is 19.8 Å². The third-order valence-electron chi connectivity index (χ3n) is 3.38. The van der Waals surface area contributed by atoms with E-state index in [4.69, 9.17) is 0 Å². The van der Waals surface area contributed by atoms with E-state index in [1.165, 1.54) is 40.1 Å². The van der Waals surface area contributed by atoms with Crippen molar-refractivity contribution in [3.63, 3.8) is 0 Å². The van der Waals surface area contributed by atoms with Crippen molar-refractivity contribution in [2.24, 2.45) is 0 Å². The van der Waals surface area contributed by atoms with Gasteiger partial charge in [0.1, 0.15) is 11.9 Å². The second kappa shape index (κ2) is 9.06. The van der Waals surface area contributed by atoms with Crippen LogP contribution >= 0.6 is 23.1 Å². The molecule has 26 heavy (non-hydrogen) atoms. The van der Waals surface area contributed by atoms with Crippen molar-refractivity contribution in [2.45, 2.75) is 10.4 Å². The SMILES string of the molecule is CN(C)C(=O)CSc1nnc(NC(=O)C(c2cccc(F)c2)N(C)C)s1. The summed E-state index contributed by atoms with van der Waals surface area (Å²) in [4.78, 5) is 27.4. The van der Waals surface area contributed by atoms with Crippen molar-refractivity contribution < 1.29 is 14.0 Å². The third kappa shape index (κ3) is 5.48. The zero-order valence-electron chi connectivity index (χ0n) is 14.9. The number of nitrogens with one attached hydrogen (secondary N) is 1. The molecular formula is C16H20FN5O2S2. The maximum atomic E-state index is 13.5. The number of halogens is 1. The molecule has 1 N–H and O–H groups in total. The van der Waals surface area contributed by atoms with E-state index in [-0.39, 0.29) is 17.6 Å². The quantitative estimate of drug-likeness (QED) is 0.569. The number of aromatic nitrogens is 2. The van der Waals surface area contributed by atoms with Gasteiger partial charge in [-0.2, -0.15) is 0 Å². The molecule has 0 spiro atoms. The Hall–Kier alpha value is -2.04. The molecule has 140 valence electrons. The first kappa shape index (κ1) is 20.3. The van der Waals surface area contributed by atoms with Crippen molar-refractivity contribution in [3.05, 3.63) is 35.6 Å². The van der Waals surface area contributed by atoms with E-state index in [0.29, 0.717) is 15.0 Å². The van der Waals surface area contributed by atoms with Crippen molar-refractivity contribution in [1.29, 1.82) is 0 Å². The summed E-state index contributed by atoms with van der Waals surface area (Å²) in [7, 11) is 6.84. The molecular weight excluding hydrogens is 377 g/mol. The van der Waals surface area contributed by atoms with Crippen LogP contribution in [0.25, 0.3) is 0 Å². The Morgan fingerprint density at radius 3 is 2.62 bits per heavy atom. The predicted octanol–water partition coefficient (Wildman–Crippen LogP) is 2.10. The molecule has 0 saturated carbocycles. The largest absolute Gasteiger partial charge is 0.348 e. The molecule has 2 rings (SSSR count). The molecule has 0 saturated heterocycles. The van der Waals surface area contributed by atoms with Crippen LogP contribution in [0.3, 0.4) is 0 Å². The van der Waals surface area contributed by atoms with Gasteiger partial charge in [-0.25, -0.2) is 4.39 Å². The Kier molecular flexibility index (Phi) is 7.06. The summed E-state index contributed by atoms with van der Waals surface area (Å²) in [6, 6.07) is 5.26. The monoisotopic (exact) mass is 397 g/mol. The van der Waals surface area contributed by atoms with Gasteiger partial charge in [0.2, 0.25) is 16.9 Å². The number of nitrogens with zero attached hydrogens (tertiary/aromatic N) is 4. The molecule has 10 heteroatoms. The highest BCUT2D eigenvalue weighted by Gasteiger charge is 2.24. The van der Waals surface area contributed by atoms with Crippen LogP contribution < -0.4 is 5.32 Å². The van der Waals surface area contributed by atoms with Crippen molar-refractivity contribution >= 4 is 40.0 Å². The summed E-state index contributed by atoms with van der Waals surface area (Å²) in [5.74, 6) is -0.520. The second-order valence-electron chi connectivity index (χ2n) is 5.86. The molecule has 2 amide bonds. The van der Waals surface area contributed by atoms with Crippen LogP contribution in [0.2, 0.25) is 0 Å². The average molecular weight is 398 g/mol. The van der Waals surface area contributed by atoms with Crippen LogP contribution in [-0.2, 0) is 9.59 Å². The van der Waals surface area contributed by atoms with Gasteiger partial charge < -0.3 is 4.90 Å². The number of carbonyl (C=O) groups excluding carboxylic acids is 2. The minimum atomic E-state index is -0.666. The summed E-state index contributed by atoms with van der Waals surface area (Å²) in [5.41, 5.74) is 0.545. The van der Waals surface area contributed by atoms with Gasteiger partial charge in [0.15, 0.2) is 4.34 Å². The highest BCUT2D eigenvalue weighted by Crippen LogP contribution is 2.27. The predicted molar refractivity (Wildman–Crippen MR) is 101 cm³/mol. The van der Waals surface area contributed by atoms with Gasteiger partial charge in [-0.1, -0.05) is 35.2 Å². The Balaban J connectivity index is 2.04. The number of carbonyl (C=O) groups is 2. The number of benzene rings is 1. The molecule has 1 unspecified atom stereocenters. The fourth-order valence-electron chi connectivity index (χ4n) is 2.11. The molecule has 1 aromatic heterocycles. The number of anilines is 1. The number of hydrogen-bond acceptors (Lipinski definition) is 7. The summed E-state index contributed by atoms with van der Waals surface area (Å²) >= 11 is 2.45. The van der Waals surface area contributed by atoms with Gasteiger partial charge in [-0.05, 0) is 31.8 Å². The normalized spacial score (nSPS) is 12.1. The number of hydrogen-bond donors (Lipinski definition) is 1. The lowest BCUT2D eigenvalue weighted by atomic mass is 10.1. The molecule has 2 aromatic rings. The van der Waals surface area contributed by atoms with Gasteiger partial charge in [0.25, 0.3) is 0 Å². The lowest BCUT2D eigenvalue weighted by Crippen LogP contribution is -2.32. The lowest BCUT2D eigenvalue weighted by Gasteiger charge is -2.23. The summed E-state index contributed by atoms with van der Waals surface area (Å²) in [5, 5.41) is 10.9. The molecule has 0 fully saturated rings. The van der Waals surface area contributed by atoms with E-state index in [9.17, 15) is 14.0 Å². The number of thioether (sulfide) groups is 1. The standard InChI is InChI=1S/C16H20FN5O2S2/c1-21(2)12(23)9-25-16-20-19-15(26-16)18-14(24)13(22(3)4)10-6-5-7-11(17)8-10/h5-8,13H,9H2,1-4H3,(H,18,19,24). The lowest BCUT2D eigenvalue weighted by molar-refractivity contribution is -0.126. The second-order valence-corrected chi connectivity index (χ2v) is 8.06. The van der Waals surface area contributed by atoms with Crippen LogP contribution in [0.15, 0.2) is 28.6 Å². The van der Waals surface area contributed by atoms with E-state index >= 15 is 0 Å².